The third kappa shape index (κ3) is 7.27. The number of ether oxygens (including phenoxy) is 2. The van der Waals surface area contributed by atoms with Crippen LogP contribution in [0.15, 0.2) is 42.5 Å². The number of carbonyl (C=O) groups is 2. The Bertz CT molecular complexity index is 931. The molecule has 1 unspecified atom stereocenters. The first-order valence-electron chi connectivity index (χ1n) is 10.8. The fourth-order valence-corrected chi connectivity index (χ4v) is 3.68. The van der Waals surface area contributed by atoms with Crippen molar-refractivity contribution >= 4 is 30.0 Å². The lowest BCUT2D eigenvalue weighted by Crippen LogP contribution is -2.53. The highest BCUT2D eigenvalue weighted by Gasteiger charge is 2.24. The summed E-state index contributed by atoms with van der Waals surface area (Å²) in [5, 5.41) is 5.96. The minimum atomic E-state index is -0.245. The summed E-state index contributed by atoms with van der Waals surface area (Å²) < 4.78 is 10.7. The molecule has 180 valence electrons. The molecule has 2 aromatic rings. The molecule has 0 spiro atoms. The summed E-state index contributed by atoms with van der Waals surface area (Å²) in [6.45, 7) is 6.64. The second-order valence-corrected chi connectivity index (χ2v) is 7.96. The van der Waals surface area contributed by atoms with Crippen molar-refractivity contribution in [2.45, 2.75) is 19.9 Å². The first kappa shape index (κ1) is 26.3. The summed E-state index contributed by atoms with van der Waals surface area (Å²) in [7, 11) is 3.21. The van der Waals surface area contributed by atoms with Gasteiger partial charge in [0.05, 0.1) is 26.8 Å². The molecule has 0 radical (unpaired) electrons. The Labute approximate surface area is 201 Å². The van der Waals surface area contributed by atoms with Crippen LogP contribution in [0.5, 0.6) is 11.5 Å². The fraction of sp³-hybridized carbons (Fsp3) is 0.417. The number of aryl methyl sites for hydroxylation is 1. The van der Waals surface area contributed by atoms with Crippen molar-refractivity contribution in [3.05, 3.63) is 53.6 Å². The number of nitrogens with zero attached hydrogens (tertiary/aromatic N) is 2. The number of anilines is 1. The predicted octanol–water partition coefficient (Wildman–Crippen LogP) is 3.46. The van der Waals surface area contributed by atoms with Gasteiger partial charge in [-0.25, -0.2) is 4.79 Å². The number of hydrogen-bond acceptors (Lipinski definition) is 5. The molecule has 1 fully saturated rings. The Kier molecular flexibility index (Phi) is 9.81. The molecule has 8 nitrogen and oxygen atoms in total. The van der Waals surface area contributed by atoms with Crippen LogP contribution in [0, 0.1) is 6.92 Å². The Morgan fingerprint density at radius 1 is 1.00 bits per heavy atom. The zero-order chi connectivity index (χ0) is 23.1. The number of urea groups is 1. The van der Waals surface area contributed by atoms with E-state index >= 15 is 0 Å². The largest absolute Gasteiger partial charge is 0.497 e. The summed E-state index contributed by atoms with van der Waals surface area (Å²) in [5.41, 5.74) is 2.80. The van der Waals surface area contributed by atoms with Crippen molar-refractivity contribution in [2.75, 3.05) is 52.3 Å². The lowest BCUT2D eigenvalue weighted by atomic mass is 10.1. The maximum Gasteiger partial charge on any atom is 0.317 e. The number of rotatable bonds is 7. The highest BCUT2D eigenvalue weighted by molar-refractivity contribution is 5.92. The molecule has 2 N–H and O–H groups in total. The number of piperazine rings is 1. The van der Waals surface area contributed by atoms with Gasteiger partial charge in [-0.05, 0) is 44.2 Å². The zero-order valence-electron chi connectivity index (χ0n) is 19.6. The second kappa shape index (κ2) is 12.3. The van der Waals surface area contributed by atoms with E-state index in [1.165, 1.54) is 0 Å². The molecule has 1 saturated heterocycles. The molecule has 0 saturated carbocycles. The van der Waals surface area contributed by atoms with Gasteiger partial charge in [-0.3, -0.25) is 9.69 Å². The van der Waals surface area contributed by atoms with Crippen LogP contribution in [0.25, 0.3) is 0 Å². The molecule has 0 bridgehead atoms. The number of amides is 3. The van der Waals surface area contributed by atoms with Gasteiger partial charge in [0.2, 0.25) is 5.91 Å². The highest BCUT2D eigenvalue weighted by atomic mass is 35.5. The average molecular weight is 477 g/mol. The maximum atomic E-state index is 12.8. The summed E-state index contributed by atoms with van der Waals surface area (Å²) in [6.07, 6.45) is 0. The molecule has 0 aliphatic carbocycles. The Hall–Kier alpha value is -2.97. The molecule has 1 aliphatic rings. The van der Waals surface area contributed by atoms with Gasteiger partial charge in [0, 0.05) is 37.4 Å². The van der Waals surface area contributed by atoms with E-state index in [4.69, 9.17) is 9.47 Å². The molecule has 1 atom stereocenters. The summed E-state index contributed by atoms with van der Waals surface area (Å²) in [4.78, 5) is 28.9. The van der Waals surface area contributed by atoms with E-state index in [9.17, 15) is 9.59 Å². The third-order valence-electron chi connectivity index (χ3n) is 5.61. The quantitative estimate of drug-likeness (QED) is 0.639. The lowest BCUT2D eigenvalue weighted by Gasteiger charge is -2.35. The van der Waals surface area contributed by atoms with Crippen LogP contribution >= 0.6 is 12.4 Å². The Balaban J connectivity index is 0.00000385. The highest BCUT2D eigenvalue weighted by Crippen LogP contribution is 2.29. The fourth-order valence-electron chi connectivity index (χ4n) is 3.68. The summed E-state index contributed by atoms with van der Waals surface area (Å²) >= 11 is 0. The average Bonchev–Trinajstić information content (AvgIpc) is 2.80. The normalized spacial score (nSPS) is 14.6. The molecule has 1 heterocycles. The van der Waals surface area contributed by atoms with Crippen molar-refractivity contribution in [1.82, 2.24) is 15.1 Å². The molecule has 3 amide bonds. The van der Waals surface area contributed by atoms with E-state index in [1.807, 2.05) is 56.3 Å². The minimum absolute atomic E-state index is 0. The maximum absolute atomic E-state index is 12.8. The van der Waals surface area contributed by atoms with Crippen molar-refractivity contribution in [2.24, 2.45) is 0 Å². The van der Waals surface area contributed by atoms with Gasteiger partial charge in [0.1, 0.15) is 11.5 Å². The zero-order valence-corrected chi connectivity index (χ0v) is 20.4. The third-order valence-corrected chi connectivity index (χ3v) is 5.61. The van der Waals surface area contributed by atoms with Crippen LogP contribution < -0.4 is 20.1 Å². The van der Waals surface area contributed by atoms with Gasteiger partial charge >= 0.3 is 6.03 Å². The summed E-state index contributed by atoms with van der Waals surface area (Å²) in [5.74, 6) is 1.35. The molecule has 3 rings (SSSR count). The molecular weight excluding hydrogens is 444 g/mol. The summed E-state index contributed by atoms with van der Waals surface area (Å²) in [6, 6.07) is 12.9. The van der Waals surface area contributed by atoms with E-state index in [2.05, 4.69) is 15.5 Å². The van der Waals surface area contributed by atoms with Gasteiger partial charge in [0.15, 0.2) is 0 Å². The number of carbonyl (C=O) groups excluding carboxylic acids is 2. The number of halogens is 1. The number of methoxy groups -OCH3 is 2. The molecule has 2 aromatic carbocycles. The molecule has 33 heavy (non-hydrogen) atoms. The van der Waals surface area contributed by atoms with E-state index in [-0.39, 0.29) is 30.4 Å². The van der Waals surface area contributed by atoms with Crippen LogP contribution in [0.4, 0.5) is 10.5 Å². The van der Waals surface area contributed by atoms with Crippen LogP contribution in [-0.2, 0) is 4.79 Å². The van der Waals surface area contributed by atoms with Crippen molar-refractivity contribution < 1.29 is 19.1 Å². The van der Waals surface area contributed by atoms with Crippen LogP contribution in [0.1, 0.15) is 24.1 Å². The second-order valence-electron chi connectivity index (χ2n) is 7.96. The van der Waals surface area contributed by atoms with Crippen LogP contribution in [0.2, 0.25) is 0 Å². The Morgan fingerprint density at radius 2 is 1.67 bits per heavy atom. The predicted molar refractivity (Wildman–Crippen MR) is 132 cm³/mol. The van der Waals surface area contributed by atoms with Gasteiger partial charge in [-0.2, -0.15) is 0 Å². The smallest absolute Gasteiger partial charge is 0.317 e. The van der Waals surface area contributed by atoms with Gasteiger partial charge in [0.25, 0.3) is 0 Å². The molecular formula is C24H33ClN4O4. The molecule has 0 aromatic heterocycles. The van der Waals surface area contributed by atoms with E-state index < -0.39 is 0 Å². The minimum Gasteiger partial charge on any atom is -0.497 e. The van der Waals surface area contributed by atoms with Crippen LogP contribution in [-0.4, -0.2) is 68.7 Å². The molecule has 1 aliphatic heterocycles. The van der Waals surface area contributed by atoms with Crippen molar-refractivity contribution in [1.29, 1.82) is 0 Å². The first-order chi connectivity index (χ1) is 15.4. The molecule has 9 heteroatoms. The van der Waals surface area contributed by atoms with E-state index in [0.717, 1.165) is 16.8 Å². The Morgan fingerprint density at radius 3 is 2.27 bits per heavy atom. The standard InChI is InChI=1S/C24H32N4O4.ClH/c1-17-5-7-19(8-6-17)26-23(29)16-27-11-13-28(14-12-27)24(30)25-18(2)21-15-20(31-3)9-10-22(21)32-4;/h5-10,15,18H,11-14,16H2,1-4H3,(H,25,30)(H,26,29);1H. The SMILES string of the molecule is COc1ccc(OC)c(C(C)NC(=O)N2CCN(CC(=O)Nc3ccc(C)cc3)CC2)c1.Cl. The van der Waals surface area contributed by atoms with Gasteiger partial charge < -0.3 is 25.0 Å². The first-order valence-corrected chi connectivity index (χ1v) is 10.8. The van der Waals surface area contributed by atoms with E-state index in [1.54, 1.807) is 19.1 Å². The van der Waals surface area contributed by atoms with Crippen LogP contribution in [0.3, 0.4) is 0 Å². The van der Waals surface area contributed by atoms with Gasteiger partial charge in [-0.15, -0.1) is 12.4 Å². The topological polar surface area (TPSA) is 83.1 Å². The number of benzene rings is 2. The van der Waals surface area contributed by atoms with Crippen molar-refractivity contribution in [3.8, 4) is 11.5 Å². The van der Waals surface area contributed by atoms with E-state index in [0.29, 0.717) is 44.2 Å². The number of nitrogens with one attached hydrogen (secondary N) is 2. The monoisotopic (exact) mass is 476 g/mol. The van der Waals surface area contributed by atoms with Gasteiger partial charge in [-0.1, -0.05) is 17.7 Å². The number of hydrogen-bond donors (Lipinski definition) is 2. The lowest BCUT2D eigenvalue weighted by molar-refractivity contribution is -0.117. The van der Waals surface area contributed by atoms with Crippen molar-refractivity contribution in [3.63, 3.8) is 0 Å².